The van der Waals surface area contributed by atoms with Gasteiger partial charge in [0.2, 0.25) is 0 Å². The van der Waals surface area contributed by atoms with Crippen LogP contribution in [0.3, 0.4) is 0 Å². The lowest BCUT2D eigenvalue weighted by atomic mass is 10.0. The molecule has 0 aliphatic heterocycles. The van der Waals surface area contributed by atoms with Crippen LogP contribution >= 0.6 is 0 Å². The summed E-state index contributed by atoms with van der Waals surface area (Å²) in [5.41, 5.74) is 2.88. The van der Waals surface area contributed by atoms with Gasteiger partial charge in [0.1, 0.15) is 0 Å². The van der Waals surface area contributed by atoms with Crippen molar-refractivity contribution in [3.8, 4) is 0 Å². The van der Waals surface area contributed by atoms with Crippen molar-refractivity contribution in [1.29, 1.82) is 0 Å². The molecule has 0 atom stereocenters. The lowest BCUT2D eigenvalue weighted by molar-refractivity contribution is 0.0993. The fourth-order valence-corrected chi connectivity index (χ4v) is 2.11. The van der Waals surface area contributed by atoms with Crippen LogP contribution in [-0.4, -0.2) is 10.8 Å². The van der Waals surface area contributed by atoms with Crippen LogP contribution in [-0.2, 0) is 6.42 Å². The van der Waals surface area contributed by atoms with Gasteiger partial charge in [0, 0.05) is 29.1 Å². The first kappa shape index (κ1) is 10.8. The van der Waals surface area contributed by atoms with E-state index < -0.39 is 0 Å². The third-order valence-corrected chi connectivity index (χ3v) is 3.08. The molecule has 0 aliphatic rings. The normalized spacial score (nSPS) is 10.7. The van der Waals surface area contributed by atoms with Crippen LogP contribution in [0.15, 0.2) is 60.8 Å². The summed E-state index contributed by atoms with van der Waals surface area (Å²) in [7, 11) is 0. The Kier molecular flexibility index (Phi) is 2.69. The van der Waals surface area contributed by atoms with E-state index in [1.54, 1.807) is 0 Å². The third-order valence-electron chi connectivity index (χ3n) is 3.08. The third kappa shape index (κ3) is 2.05. The Bertz CT molecular complexity index is 682. The van der Waals surface area contributed by atoms with Gasteiger partial charge in [-0.3, -0.25) is 4.79 Å². The minimum absolute atomic E-state index is 0.157. The fraction of sp³-hybridized carbons (Fsp3) is 0.0625. The highest BCUT2D eigenvalue weighted by atomic mass is 16.1. The number of hydrogen-bond donors (Lipinski definition) is 1. The van der Waals surface area contributed by atoms with Gasteiger partial charge in [-0.2, -0.15) is 0 Å². The fourth-order valence-electron chi connectivity index (χ4n) is 2.11. The van der Waals surface area contributed by atoms with Gasteiger partial charge >= 0.3 is 0 Å². The highest BCUT2D eigenvalue weighted by Gasteiger charge is 2.07. The predicted molar refractivity (Wildman–Crippen MR) is 72.8 cm³/mol. The number of benzene rings is 2. The van der Waals surface area contributed by atoms with E-state index >= 15 is 0 Å². The molecule has 0 fully saturated rings. The number of carbonyl (C=O) groups excluding carboxylic acids is 1. The Morgan fingerprint density at radius 2 is 1.83 bits per heavy atom. The number of carbonyl (C=O) groups is 1. The Labute approximate surface area is 105 Å². The minimum atomic E-state index is 0.157. The van der Waals surface area contributed by atoms with Gasteiger partial charge in [-0.25, -0.2) is 0 Å². The molecular weight excluding hydrogens is 222 g/mol. The highest BCUT2D eigenvalue weighted by Crippen LogP contribution is 2.16. The van der Waals surface area contributed by atoms with Crippen molar-refractivity contribution >= 4 is 16.7 Å². The predicted octanol–water partition coefficient (Wildman–Crippen LogP) is 3.59. The van der Waals surface area contributed by atoms with E-state index in [0.717, 1.165) is 22.0 Å². The summed E-state index contributed by atoms with van der Waals surface area (Å²) in [5.74, 6) is 0.157. The molecule has 0 amide bonds. The molecule has 1 heterocycles. The van der Waals surface area contributed by atoms with Crippen LogP contribution < -0.4 is 0 Å². The van der Waals surface area contributed by atoms with E-state index in [4.69, 9.17) is 0 Å². The number of H-pyrrole nitrogens is 1. The molecule has 2 heteroatoms. The summed E-state index contributed by atoms with van der Waals surface area (Å²) >= 11 is 0. The van der Waals surface area contributed by atoms with Crippen molar-refractivity contribution < 1.29 is 4.79 Å². The largest absolute Gasteiger partial charge is 0.361 e. The number of nitrogens with one attached hydrogen (secondary N) is 1. The van der Waals surface area contributed by atoms with Crippen LogP contribution in [0.5, 0.6) is 0 Å². The number of aromatic amines is 1. The first-order valence-corrected chi connectivity index (χ1v) is 5.97. The van der Waals surface area contributed by atoms with Gasteiger partial charge in [-0.1, -0.05) is 30.3 Å². The standard InChI is InChI=1S/C16H13NO/c18-16(10-12-4-2-1-3-5-12)14-6-7-15-13(11-14)8-9-17-15/h1-9,11,17H,10H2. The molecule has 3 aromatic rings. The van der Waals surface area contributed by atoms with Crippen molar-refractivity contribution in [2.24, 2.45) is 0 Å². The van der Waals surface area contributed by atoms with Gasteiger partial charge in [-0.15, -0.1) is 0 Å². The zero-order valence-corrected chi connectivity index (χ0v) is 9.89. The Morgan fingerprint density at radius 1 is 1.00 bits per heavy atom. The summed E-state index contributed by atoms with van der Waals surface area (Å²) in [4.78, 5) is 15.3. The van der Waals surface area contributed by atoms with Crippen molar-refractivity contribution in [2.75, 3.05) is 0 Å². The Morgan fingerprint density at radius 3 is 2.67 bits per heavy atom. The second kappa shape index (κ2) is 4.49. The van der Waals surface area contributed by atoms with Crippen LogP contribution in [0.1, 0.15) is 15.9 Å². The van der Waals surface area contributed by atoms with E-state index in [0.29, 0.717) is 6.42 Å². The monoisotopic (exact) mass is 235 g/mol. The molecule has 0 unspecified atom stereocenters. The summed E-state index contributed by atoms with van der Waals surface area (Å²) in [6.45, 7) is 0. The van der Waals surface area contributed by atoms with E-state index in [1.165, 1.54) is 0 Å². The van der Waals surface area contributed by atoms with Gasteiger partial charge in [-0.05, 0) is 29.8 Å². The highest BCUT2D eigenvalue weighted by molar-refractivity contribution is 6.00. The van der Waals surface area contributed by atoms with Gasteiger partial charge in [0.25, 0.3) is 0 Å². The number of aromatic nitrogens is 1. The van der Waals surface area contributed by atoms with Crippen molar-refractivity contribution in [3.05, 3.63) is 71.9 Å². The number of ketones is 1. The van der Waals surface area contributed by atoms with E-state index in [-0.39, 0.29) is 5.78 Å². The summed E-state index contributed by atoms with van der Waals surface area (Å²) in [6, 6.07) is 17.6. The number of fused-ring (bicyclic) bond motifs is 1. The minimum Gasteiger partial charge on any atom is -0.361 e. The summed E-state index contributed by atoms with van der Waals surface area (Å²) < 4.78 is 0. The molecule has 0 saturated carbocycles. The second-order valence-corrected chi connectivity index (χ2v) is 4.37. The quantitative estimate of drug-likeness (QED) is 0.691. The van der Waals surface area contributed by atoms with E-state index in [9.17, 15) is 4.79 Å². The SMILES string of the molecule is O=C(Cc1ccccc1)c1ccc2[nH]ccc2c1. The number of hydrogen-bond acceptors (Lipinski definition) is 1. The molecule has 88 valence electrons. The van der Waals surface area contributed by atoms with Crippen LogP contribution in [0, 0.1) is 0 Å². The number of Topliss-reactive ketones (excluding diaryl/α,β-unsaturated/α-hetero) is 1. The topological polar surface area (TPSA) is 32.9 Å². The molecule has 2 aromatic carbocycles. The average molecular weight is 235 g/mol. The second-order valence-electron chi connectivity index (χ2n) is 4.37. The van der Waals surface area contributed by atoms with Crippen molar-refractivity contribution in [2.45, 2.75) is 6.42 Å². The molecule has 2 nitrogen and oxygen atoms in total. The molecule has 1 N–H and O–H groups in total. The molecular formula is C16H13NO. The van der Waals surface area contributed by atoms with Crippen LogP contribution in [0.2, 0.25) is 0 Å². The van der Waals surface area contributed by atoms with Gasteiger partial charge in [0.15, 0.2) is 5.78 Å². The van der Waals surface area contributed by atoms with Crippen LogP contribution in [0.4, 0.5) is 0 Å². The first-order valence-electron chi connectivity index (χ1n) is 5.97. The van der Waals surface area contributed by atoms with Crippen molar-refractivity contribution in [1.82, 2.24) is 4.98 Å². The Hall–Kier alpha value is -2.35. The van der Waals surface area contributed by atoms with Gasteiger partial charge in [0.05, 0.1) is 0 Å². The summed E-state index contributed by atoms with van der Waals surface area (Å²) in [6.07, 6.45) is 2.34. The first-order chi connectivity index (χ1) is 8.83. The lowest BCUT2D eigenvalue weighted by Gasteiger charge is -2.02. The molecule has 18 heavy (non-hydrogen) atoms. The average Bonchev–Trinajstić information content (AvgIpc) is 2.87. The van der Waals surface area contributed by atoms with E-state index in [2.05, 4.69) is 4.98 Å². The smallest absolute Gasteiger partial charge is 0.167 e. The van der Waals surface area contributed by atoms with E-state index in [1.807, 2.05) is 60.8 Å². The molecule has 0 spiro atoms. The zero-order valence-electron chi connectivity index (χ0n) is 9.89. The maximum atomic E-state index is 12.2. The molecule has 0 aliphatic carbocycles. The molecule has 0 saturated heterocycles. The maximum absolute atomic E-state index is 12.2. The van der Waals surface area contributed by atoms with Crippen LogP contribution in [0.25, 0.3) is 10.9 Å². The van der Waals surface area contributed by atoms with Gasteiger partial charge < -0.3 is 4.98 Å². The number of rotatable bonds is 3. The molecule has 1 aromatic heterocycles. The molecule has 0 radical (unpaired) electrons. The lowest BCUT2D eigenvalue weighted by Crippen LogP contribution is -2.03. The Balaban J connectivity index is 1.87. The summed E-state index contributed by atoms with van der Waals surface area (Å²) in [5, 5.41) is 1.08. The molecule has 3 rings (SSSR count). The maximum Gasteiger partial charge on any atom is 0.167 e. The molecule has 0 bridgehead atoms. The zero-order chi connectivity index (χ0) is 12.4. The van der Waals surface area contributed by atoms with Crippen molar-refractivity contribution in [3.63, 3.8) is 0 Å².